The van der Waals surface area contributed by atoms with Gasteiger partial charge in [0.25, 0.3) is 10.0 Å². The lowest BCUT2D eigenvalue weighted by Crippen LogP contribution is -2.40. The summed E-state index contributed by atoms with van der Waals surface area (Å²) in [6, 6.07) is 11.5. The van der Waals surface area contributed by atoms with Gasteiger partial charge in [-0.1, -0.05) is 29.8 Å². The Morgan fingerprint density at radius 2 is 1.82 bits per heavy atom. The van der Waals surface area contributed by atoms with Crippen LogP contribution in [0.15, 0.2) is 47.4 Å². The number of nitrogens with zero attached hydrogens (tertiary/aromatic N) is 1. The Kier molecular flexibility index (Phi) is 6.27. The second-order valence-electron chi connectivity index (χ2n) is 7.00. The van der Waals surface area contributed by atoms with Crippen molar-refractivity contribution in [3.05, 3.63) is 58.6 Å². The number of aliphatic hydroxyl groups is 1. The zero-order chi connectivity index (χ0) is 20.3. The van der Waals surface area contributed by atoms with Gasteiger partial charge in [-0.05, 0) is 55.2 Å². The predicted molar refractivity (Wildman–Crippen MR) is 109 cm³/mol. The molecule has 0 atom stereocenters. The molecular formula is C20H23ClN2O4S. The zero-order valence-corrected chi connectivity index (χ0v) is 17.1. The lowest BCUT2D eigenvalue weighted by Gasteiger charge is -2.29. The van der Waals surface area contributed by atoms with Crippen LogP contribution in [0.25, 0.3) is 0 Å². The number of carbonyl (C=O) groups excluding carboxylic acids is 1. The van der Waals surface area contributed by atoms with Crippen molar-refractivity contribution in [1.82, 2.24) is 4.90 Å². The van der Waals surface area contributed by atoms with E-state index in [1.807, 2.05) is 0 Å². The number of sulfonamides is 1. The molecular weight excluding hydrogens is 400 g/mol. The normalized spacial score (nSPS) is 15.5. The van der Waals surface area contributed by atoms with E-state index in [0.717, 1.165) is 5.56 Å². The summed E-state index contributed by atoms with van der Waals surface area (Å²) in [6.07, 6.45) is 1.14. The van der Waals surface area contributed by atoms with Crippen molar-refractivity contribution >= 4 is 33.2 Å². The molecule has 1 heterocycles. The number of hydrogen-bond donors (Lipinski definition) is 2. The van der Waals surface area contributed by atoms with Crippen LogP contribution in [0.1, 0.15) is 24.0 Å². The number of likely N-dealkylation sites (tertiary alicyclic amines) is 1. The highest BCUT2D eigenvalue weighted by Crippen LogP contribution is 2.23. The number of carbonyl (C=O) groups is 1. The molecule has 2 aromatic carbocycles. The number of benzene rings is 2. The predicted octanol–water partition coefficient (Wildman–Crippen LogP) is 2.98. The van der Waals surface area contributed by atoms with E-state index in [1.54, 1.807) is 48.2 Å². The first-order chi connectivity index (χ1) is 13.2. The van der Waals surface area contributed by atoms with Crippen molar-refractivity contribution in [2.75, 3.05) is 17.8 Å². The molecule has 1 fully saturated rings. The summed E-state index contributed by atoms with van der Waals surface area (Å²) in [7, 11) is -3.76. The maximum Gasteiger partial charge on any atom is 0.262 e. The molecule has 6 nitrogen and oxygen atoms in total. The first-order valence-electron chi connectivity index (χ1n) is 9.08. The molecule has 0 aromatic heterocycles. The van der Waals surface area contributed by atoms with Gasteiger partial charge in [-0.15, -0.1) is 0 Å². The minimum atomic E-state index is -3.76. The molecule has 3 rings (SSSR count). The Bertz CT molecular complexity index is 953. The SMILES string of the molecule is Cc1ccc(Cl)cc1S(=O)(=O)Nc1ccc(CC(=O)N2CCC(O)CC2)cc1. The van der Waals surface area contributed by atoms with Crippen molar-refractivity contribution in [3.63, 3.8) is 0 Å². The molecule has 0 spiro atoms. The number of halogens is 1. The van der Waals surface area contributed by atoms with E-state index in [4.69, 9.17) is 11.6 Å². The number of hydrogen-bond acceptors (Lipinski definition) is 4. The Morgan fingerprint density at radius 3 is 2.46 bits per heavy atom. The number of piperidine rings is 1. The summed E-state index contributed by atoms with van der Waals surface area (Å²) in [5.41, 5.74) is 1.82. The van der Waals surface area contributed by atoms with Gasteiger partial charge in [-0.3, -0.25) is 9.52 Å². The number of aliphatic hydroxyl groups excluding tert-OH is 1. The van der Waals surface area contributed by atoms with Crippen molar-refractivity contribution in [2.45, 2.75) is 37.2 Å². The molecule has 28 heavy (non-hydrogen) atoms. The molecule has 2 aromatic rings. The summed E-state index contributed by atoms with van der Waals surface area (Å²) >= 11 is 5.93. The Balaban J connectivity index is 1.66. The van der Waals surface area contributed by atoms with Crippen LogP contribution >= 0.6 is 11.6 Å². The molecule has 1 saturated heterocycles. The molecule has 1 amide bonds. The molecule has 150 valence electrons. The molecule has 0 unspecified atom stereocenters. The van der Waals surface area contributed by atoms with Crippen LogP contribution < -0.4 is 4.72 Å². The summed E-state index contributed by atoms with van der Waals surface area (Å²) < 4.78 is 27.8. The number of amides is 1. The number of rotatable bonds is 5. The van der Waals surface area contributed by atoms with Crippen LogP contribution in [0.3, 0.4) is 0 Å². The maximum atomic E-state index is 12.6. The third kappa shape index (κ3) is 5.04. The third-order valence-electron chi connectivity index (χ3n) is 4.82. The molecule has 8 heteroatoms. The topological polar surface area (TPSA) is 86.7 Å². The molecule has 0 aliphatic carbocycles. The third-order valence-corrected chi connectivity index (χ3v) is 6.58. The van der Waals surface area contributed by atoms with Crippen molar-refractivity contribution in [3.8, 4) is 0 Å². The highest BCUT2D eigenvalue weighted by Gasteiger charge is 2.21. The second-order valence-corrected chi connectivity index (χ2v) is 9.09. The van der Waals surface area contributed by atoms with Crippen LogP contribution in [0.4, 0.5) is 5.69 Å². The first kappa shape index (κ1) is 20.6. The van der Waals surface area contributed by atoms with E-state index < -0.39 is 10.0 Å². The van der Waals surface area contributed by atoms with Crippen molar-refractivity contribution < 1.29 is 18.3 Å². The lowest BCUT2D eigenvalue weighted by atomic mass is 10.1. The largest absolute Gasteiger partial charge is 0.393 e. The summed E-state index contributed by atoms with van der Waals surface area (Å²) in [5, 5.41) is 9.89. The van der Waals surface area contributed by atoms with Crippen molar-refractivity contribution in [1.29, 1.82) is 0 Å². The van der Waals surface area contributed by atoms with E-state index in [-0.39, 0.29) is 23.3 Å². The molecule has 2 N–H and O–H groups in total. The quantitative estimate of drug-likeness (QED) is 0.775. The smallest absolute Gasteiger partial charge is 0.262 e. The van der Waals surface area contributed by atoms with Gasteiger partial charge >= 0.3 is 0 Å². The molecule has 1 aliphatic heterocycles. The molecule has 0 radical (unpaired) electrons. The van der Waals surface area contributed by atoms with E-state index in [0.29, 0.717) is 42.2 Å². The molecule has 0 saturated carbocycles. The van der Waals surface area contributed by atoms with E-state index in [1.165, 1.54) is 6.07 Å². The molecule has 1 aliphatic rings. The van der Waals surface area contributed by atoms with Gasteiger partial charge in [0.15, 0.2) is 0 Å². The minimum Gasteiger partial charge on any atom is -0.393 e. The van der Waals surface area contributed by atoms with E-state index in [9.17, 15) is 18.3 Å². The van der Waals surface area contributed by atoms with E-state index >= 15 is 0 Å². The van der Waals surface area contributed by atoms with Gasteiger partial charge in [0.1, 0.15) is 0 Å². The Labute approximate surface area is 170 Å². The monoisotopic (exact) mass is 422 g/mol. The highest BCUT2D eigenvalue weighted by atomic mass is 35.5. The van der Waals surface area contributed by atoms with E-state index in [2.05, 4.69) is 4.72 Å². The van der Waals surface area contributed by atoms with Gasteiger partial charge in [0, 0.05) is 23.8 Å². The van der Waals surface area contributed by atoms with Gasteiger partial charge in [-0.2, -0.15) is 0 Å². The fraction of sp³-hybridized carbons (Fsp3) is 0.350. The lowest BCUT2D eigenvalue weighted by molar-refractivity contribution is -0.132. The van der Waals surface area contributed by atoms with Crippen LogP contribution in [-0.4, -0.2) is 43.5 Å². The van der Waals surface area contributed by atoms with Crippen molar-refractivity contribution in [2.24, 2.45) is 0 Å². The first-order valence-corrected chi connectivity index (χ1v) is 10.9. The summed E-state index contributed by atoms with van der Waals surface area (Å²) in [4.78, 5) is 14.2. The highest BCUT2D eigenvalue weighted by molar-refractivity contribution is 7.92. The molecule has 0 bridgehead atoms. The fourth-order valence-electron chi connectivity index (χ4n) is 3.17. The summed E-state index contributed by atoms with van der Waals surface area (Å²) in [6.45, 7) is 2.84. The standard InChI is InChI=1S/C20H23ClN2O4S/c1-14-2-5-16(21)13-19(14)28(26,27)22-17-6-3-15(4-7-17)12-20(25)23-10-8-18(24)9-11-23/h2-7,13,18,22,24H,8-12H2,1H3. The van der Waals surface area contributed by atoms with Gasteiger partial charge in [0.2, 0.25) is 5.91 Å². The number of anilines is 1. The van der Waals surface area contributed by atoms with Gasteiger partial charge in [0.05, 0.1) is 17.4 Å². The van der Waals surface area contributed by atoms with Crippen LogP contribution in [0, 0.1) is 6.92 Å². The van der Waals surface area contributed by atoms with Crippen LogP contribution in [0.5, 0.6) is 0 Å². The van der Waals surface area contributed by atoms with Gasteiger partial charge < -0.3 is 10.0 Å². The Hall–Kier alpha value is -2.09. The average Bonchev–Trinajstić information content (AvgIpc) is 2.65. The Morgan fingerprint density at radius 1 is 1.18 bits per heavy atom. The minimum absolute atomic E-state index is 0.00906. The average molecular weight is 423 g/mol. The van der Waals surface area contributed by atoms with Crippen LogP contribution in [0.2, 0.25) is 5.02 Å². The maximum absolute atomic E-state index is 12.6. The summed E-state index contributed by atoms with van der Waals surface area (Å²) in [5.74, 6) is 0.00906. The number of aryl methyl sites for hydroxylation is 1. The zero-order valence-electron chi connectivity index (χ0n) is 15.6. The second kappa shape index (κ2) is 8.51. The fourth-order valence-corrected chi connectivity index (χ4v) is 4.73. The van der Waals surface area contributed by atoms with Crippen LogP contribution in [-0.2, 0) is 21.2 Å². The number of nitrogens with one attached hydrogen (secondary N) is 1. The van der Waals surface area contributed by atoms with Gasteiger partial charge in [-0.25, -0.2) is 8.42 Å².